The van der Waals surface area contributed by atoms with Gasteiger partial charge in [-0.3, -0.25) is 19.2 Å². The molecule has 16 atom stereocenters. The Morgan fingerprint density at radius 2 is 1.56 bits per heavy atom. The van der Waals surface area contributed by atoms with Crippen molar-refractivity contribution in [2.45, 2.75) is 212 Å². The Balaban J connectivity index is 1.14. The number of aliphatic hydroxyl groups excluding tert-OH is 3. The van der Waals surface area contributed by atoms with Gasteiger partial charge in [0.25, 0.3) is 11.7 Å². The summed E-state index contributed by atoms with van der Waals surface area (Å²) in [7, 11) is 3.08. The summed E-state index contributed by atoms with van der Waals surface area (Å²) in [6, 6.07) is -2.14. The van der Waals surface area contributed by atoms with Crippen LogP contribution in [0.15, 0.2) is 60.0 Å². The molecule has 0 radical (unpaired) electrons. The minimum atomic E-state index is -2.49. The van der Waals surface area contributed by atoms with Crippen molar-refractivity contribution in [2.24, 2.45) is 35.3 Å². The highest BCUT2D eigenvalue weighted by molar-refractivity contribution is 6.39. The van der Waals surface area contributed by atoms with Crippen LogP contribution in [0.3, 0.4) is 0 Å². The van der Waals surface area contributed by atoms with Gasteiger partial charge in [-0.15, -0.1) is 0 Å². The zero-order valence-corrected chi connectivity index (χ0v) is 53.3. The van der Waals surface area contributed by atoms with Gasteiger partial charge in [0.15, 0.2) is 5.78 Å². The van der Waals surface area contributed by atoms with Gasteiger partial charge in [-0.1, -0.05) is 71.1 Å². The molecule has 1 aromatic rings. The molecule has 5 heterocycles. The number of cyclic esters (lactones) is 1. The molecule has 0 spiro atoms. The number of ether oxygens (including phenoxy) is 6. The van der Waals surface area contributed by atoms with Crippen LogP contribution in [0.25, 0.3) is 0 Å². The van der Waals surface area contributed by atoms with Crippen LogP contribution in [0.5, 0.6) is 0 Å². The number of nitrogens with zero attached hydrogens (tertiary/aromatic N) is 5. The molecule has 4 aliphatic heterocycles. The predicted octanol–water partition coefficient (Wildman–Crippen LogP) is 5.20. The number of hydrogen-bond donors (Lipinski definition) is 6. The van der Waals surface area contributed by atoms with E-state index in [0.29, 0.717) is 109 Å². The number of methoxy groups -OCH3 is 2. The Kier molecular flexibility index (Phi) is 28.2. The molecule has 23 heteroatoms. The molecule has 492 valence electrons. The molecule has 1 saturated carbocycles. The van der Waals surface area contributed by atoms with Crippen molar-refractivity contribution in [1.29, 1.82) is 0 Å². The number of aromatic nitrogens is 2. The fraction of sp³-hybridized carbons (Fsp3) is 0.723. The lowest BCUT2D eigenvalue weighted by molar-refractivity contribution is -0.265. The molecular weight excluding hydrogens is 1130 g/mol. The second-order valence-corrected chi connectivity index (χ2v) is 25.1. The second kappa shape index (κ2) is 34.6. The number of fused-ring (bicyclic) bond motifs is 3. The Bertz CT molecular complexity index is 2580. The third-order valence-corrected chi connectivity index (χ3v) is 18.3. The van der Waals surface area contributed by atoms with Crippen LogP contribution in [0, 0.1) is 29.6 Å². The summed E-state index contributed by atoms with van der Waals surface area (Å²) >= 11 is 0. The van der Waals surface area contributed by atoms with E-state index in [1.165, 1.54) is 7.11 Å². The van der Waals surface area contributed by atoms with E-state index in [-0.39, 0.29) is 62.1 Å². The maximum atomic E-state index is 14.6. The molecule has 2 bridgehead atoms. The number of hydrogen-bond acceptors (Lipinski definition) is 20. The second-order valence-electron chi connectivity index (χ2n) is 25.1. The maximum Gasteiger partial charge on any atom is 0.407 e. The maximum absolute atomic E-state index is 14.6. The van der Waals surface area contributed by atoms with Gasteiger partial charge in [-0.2, -0.15) is 0 Å². The number of allylic oxidation sites excluding steroid dienone is 5. The van der Waals surface area contributed by atoms with Crippen molar-refractivity contribution in [3.8, 4) is 0 Å². The number of esters is 1. The van der Waals surface area contributed by atoms with E-state index in [9.17, 15) is 49.2 Å². The van der Waals surface area contributed by atoms with Crippen LogP contribution >= 0.6 is 0 Å². The summed E-state index contributed by atoms with van der Waals surface area (Å²) in [4.78, 5) is 96.9. The molecule has 0 aromatic carbocycles. The first-order valence-electron chi connectivity index (χ1n) is 31.9. The quantitative estimate of drug-likeness (QED) is 0.0603. The van der Waals surface area contributed by atoms with Crippen LogP contribution < -0.4 is 16.0 Å². The van der Waals surface area contributed by atoms with E-state index in [4.69, 9.17) is 34.2 Å². The van der Waals surface area contributed by atoms with Gasteiger partial charge in [0.2, 0.25) is 17.6 Å². The van der Waals surface area contributed by atoms with Crippen molar-refractivity contribution in [3.63, 3.8) is 0 Å². The van der Waals surface area contributed by atoms with Gasteiger partial charge in [0.05, 0.1) is 37.4 Å². The number of rotatable bonds is 14. The van der Waals surface area contributed by atoms with Crippen molar-refractivity contribution in [2.75, 3.05) is 65.1 Å². The van der Waals surface area contributed by atoms with Crippen LogP contribution in [0.1, 0.15) is 144 Å². The molecule has 6 rings (SSSR count). The van der Waals surface area contributed by atoms with Gasteiger partial charge in [-0.25, -0.2) is 19.6 Å². The zero-order valence-electron chi connectivity index (χ0n) is 53.3. The number of Topliss-reactive ketones (excluding diaryl/α,β-unsaturated/α-hetero) is 2. The van der Waals surface area contributed by atoms with E-state index in [1.54, 1.807) is 53.3 Å². The number of carbonyl (C=O) groups is 6. The molecule has 5 aliphatic rings. The van der Waals surface area contributed by atoms with Crippen LogP contribution in [-0.4, -0.2) is 202 Å². The number of amides is 3. The van der Waals surface area contributed by atoms with Gasteiger partial charge < -0.3 is 74.6 Å². The number of nitrogens with one attached hydrogen (secondary N) is 1. The molecule has 4 fully saturated rings. The number of piperazine rings is 1. The molecule has 3 saturated heterocycles. The number of piperidine rings is 1. The third kappa shape index (κ3) is 20.0. The zero-order chi connectivity index (χ0) is 64.2. The topological polar surface area (TPSA) is 312 Å². The number of carbonyl (C=O) groups excluding carboxylic acids is 6. The summed E-state index contributed by atoms with van der Waals surface area (Å²) < 4.78 is 35.6. The summed E-state index contributed by atoms with van der Waals surface area (Å²) in [5.41, 5.74) is 8.78. The van der Waals surface area contributed by atoms with E-state index in [1.807, 2.05) is 61.0 Å². The first kappa shape index (κ1) is 71.6. The third-order valence-electron chi connectivity index (χ3n) is 18.3. The summed E-state index contributed by atoms with van der Waals surface area (Å²) in [6.07, 6.45) is 10.9. The van der Waals surface area contributed by atoms with Crippen molar-refractivity contribution < 1.29 is 77.6 Å². The predicted molar refractivity (Wildman–Crippen MR) is 328 cm³/mol. The normalized spacial score (nSPS) is 34.7. The smallest absolute Gasteiger partial charge is 0.407 e. The summed E-state index contributed by atoms with van der Waals surface area (Å²) in [5.74, 6) is -7.82. The van der Waals surface area contributed by atoms with Gasteiger partial charge in [0, 0.05) is 115 Å². The number of anilines is 1. The molecule has 88 heavy (non-hydrogen) atoms. The molecule has 23 nitrogen and oxygen atoms in total. The lowest BCUT2D eigenvalue weighted by atomic mass is 9.80. The van der Waals surface area contributed by atoms with Crippen molar-refractivity contribution in [3.05, 3.63) is 65.6 Å². The fourth-order valence-electron chi connectivity index (χ4n) is 12.6. The largest absolute Gasteiger partial charge is 0.459 e. The highest BCUT2D eigenvalue weighted by atomic mass is 16.6. The minimum Gasteiger partial charge on any atom is -0.459 e. The van der Waals surface area contributed by atoms with Crippen LogP contribution in [-0.2, 0) is 58.9 Å². The highest BCUT2D eigenvalue weighted by Crippen LogP contribution is 2.38. The standard InChI is InChI=1S/C65H101N7O16/c1-10-29-85-30-23-56(74)70-25-27-71(28-26-70)63-67-37-47(38-68-63)39-69-64(81)87-52-22-20-46(34-55(52)84-9)33-49(66)54-36-51(73)42(4)32-44(6)58(76)59(77)57(75)43(5)31-40(2)16-12-11-13-17-41(3)53(83-8)35-48-21-19-45(7)65(82,88-48)60(78)61(79)72-24-15-14-18-50(72)62(80)86-54/h11-13,16-17,32,37-38,40,42-43,45-46,48-55,58-59,73,76-77,82H,10,14-15,18-31,33-36,39,66H2,1-9H3,(H,69,81)/b13-11+,16-12+,41-17+,44-32+/t40-,42-,43-,45-,46+,48+,49-,50+,51-,52-,53+,54+,55-,58-,59+,65-/m1/s1. The first-order chi connectivity index (χ1) is 42.0. The molecule has 1 aliphatic carbocycles. The molecular formula is C65H101N7O16. The molecule has 7 N–H and O–H groups in total. The van der Waals surface area contributed by atoms with E-state index >= 15 is 0 Å². The first-order valence-corrected chi connectivity index (χ1v) is 31.9. The Hall–Kier alpha value is -5.50. The monoisotopic (exact) mass is 1240 g/mol. The lowest BCUT2D eigenvalue weighted by Crippen LogP contribution is -2.61. The minimum absolute atomic E-state index is 0.0230. The van der Waals surface area contributed by atoms with E-state index < -0.39 is 114 Å². The fourth-order valence-corrected chi connectivity index (χ4v) is 12.6. The van der Waals surface area contributed by atoms with Crippen molar-refractivity contribution in [1.82, 2.24) is 25.1 Å². The number of aliphatic hydroxyl groups is 4. The van der Waals surface area contributed by atoms with Gasteiger partial charge in [-0.05, 0) is 107 Å². The molecule has 0 unspecified atom stereocenters. The average molecular weight is 1240 g/mol. The summed E-state index contributed by atoms with van der Waals surface area (Å²) in [5, 5.41) is 49.2. The summed E-state index contributed by atoms with van der Waals surface area (Å²) in [6.45, 7) is 15.9. The Morgan fingerprint density at radius 1 is 0.830 bits per heavy atom. The van der Waals surface area contributed by atoms with Crippen LogP contribution in [0.2, 0.25) is 0 Å². The number of nitrogens with two attached hydrogens (primary N) is 1. The van der Waals surface area contributed by atoms with Gasteiger partial charge >= 0.3 is 12.1 Å². The van der Waals surface area contributed by atoms with Gasteiger partial charge in [0.1, 0.15) is 30.5 Å². The van der Waals surface area contributed by atoms with Crippen LogP contribution in [0.4, 0.5) is 10.7 Å². The van der Waals surface area contributed by atoms with Crippen molar-refractivity contribution >= 4 is 41.4 Å². The number of ketones is 2. The average Bonchev–Trinajstić information content (AvgIpc) is 1.21. The highest BCUT2D eigenvalue weighted by Gasteiger charge is 2.53. The Labute approximate surface area is 519 Å². The molecule has 1 aromatic heterocycles. The number of alkyl carbamates (subject to hydrolysis) is 1. The Morgan fingerprint density at radius 3 is 2.25 bits per heavy atom. The lowest BCUT2D eigenvalue weighted by Gasteiger charge is -2.42. The van der Waals surface area contributed by atoms with E-state index in [0.717, 1.165) is 16.9 Å². The van der Waals surface area contributed by atoms with E-state index in [2.05, 4.69) is 15.3 Å². The molecule has 3 amide bonds. The SMILES string of the molecule is CCCOCCC(=O)N1CCN(c2ncc(CNC(=O)O[C@@H]3CC[C@@H](C[C@@H](N)[C@@H]4C[C@@H](O)[C@H](C)/C=C(\C)[C@@H](O)[C@@H](O)C(=O)[C@H](C)C[C@H](C)/C=C/C=C/C=C(\C)[C@@H](OC)C[C@@H]5CC[C@@H](C)[C@@](O)(O5)C(=O)C(=O)N5CCCC[C@H]5C(=O)O4)C[C@H]3OC)cn2)CC1.